The lowest BCUT2D eigenvalue weighted by molar-refractivity contribution is -0.291. The molecule has 1 saturated heterocycles. The van der Waals surface area contributed by atoms with Gasteiger partial charge in [-0.2, -0.15) is 0 Å². The number of likely N-dealkylation sites (N-methyl/N-ethyl adjacent to an activating group) is 1. The minimum absolute atomic E-state index is 0.0383. The van der Waals surface area contributed by atoms with Gasteiger partial charge in [-0.3, -0.25) is 4.90 Å². The van der Waals surface area contributed by atoms with Gasteiger partial charge in [0.2, 0.25) is 0 Å². The van der Waals surface area contributed by atoms with E-state index in [-0.39, 0.29) is 6.61 Å². The molecule has 0 aromatic rings. The summed E-state index contributed by atoms with van der Waals surface area (Å²) in [4.78, 5) is 23.2. The van der Waals surface area contributed by atoms with E-state index in [4.69, 9.17) is 24.0 Å². The maximum atomic E-state index is 10.6. The second kappa shape index (κ2) is 7.99. The van der Waals surface area contributed by atoms with Crippen LogP contribution in [0.2, 0.25) is 0 Å². The van der Waals surface area contributed by atoms with Crippen LogP contribution in [-0.4, -0.2) is 119 Å². The van der Waals surface area contributed by atoms with Crippen molar-refractivity contribution < 1.29 is 54.6 Å². The van der Waals surface area contributed by atoms with E-state index in [0.717, 1.165) is 0 Å². The number of nitrogens with zero attached hydrogens (tertiary/aromatic N) is 1. The highest BCUT2D eigenvalue weighted by molar-refractivity contribution is 7.45. The van der Waals surface area contributed by atoms with Crippen LogP contribution in [0.4, 0.5) is 0 Å². The van der Waals surface area contributed by atoms with Gasteiger partial charge in [0, 0.05) is 6.54 Å². The van der Waals surface area contributed by atoms with Crippen LogP contribution < -0.4 is 0 Å². The molecule has 1 aliphatic carbocycles. The van der Waals surface area contributed by atoms with Gasteiger partial charge in [-0.15, -0.1) is 0 Å². The van der Waals surface area contributed by atoms with Gasteiger partial charge >= 0.3 is 7.82 Å². The van der Waals surface area contributed by atoms with Crippen molar-refractivity contribution in [1.29, 1.82) is 0 Å². The van der Waals surface area contributed by atoms with Crippen molar-refractivity contribution in [3.05, 3.63) is 0 Å². The van der Waals surface area contributed by atoms with Crippen LogP contribution in [0.25, 0.3) is 0 Å². The molecule has 1 aliphatic heterocycles. The van der Waals surface area contributed by atoms with Crippen LogP contribution in [0.5, 0.6) is 0 Å². The number of hydrogen-bond donors (Lipinski definition) is 9. The van der Waals surface area contributed by atoms with Crippen molar-refractivity contribution in [2.45, 2.75) is 42.2 Å². The Morgan fingerprint density at radius 2 is 1.42 bits per heavy atom. The zero-order chi connectivity index (χ0) is 18.9. The van der Waals surface area contributed by atoms with Gasteiger partial charge in [-0.1, -0.05) is 0 Å². The number of ether oxygens (including phenoxy) is 1. The maximum Gasteiger partial charge on any atom is 0.466 e. The molecule has 24 heavy (non-hydrogen) atoms. The normalized spacial score (nSPS) is 44.6. The molecule has 1 saturated carbocycles. The molecule has 9 N–H and O–H groups in total. The van der Waals surface area contributed by atoms with E-state index in [1.165, 1.54) is 0 Å². The first-order chi connectivity index (χ1) is 10.8. The summed E-state index contributed by atoms with van der Waals surface area (Å²) < 4.78 is 14.1. The average Bonchev–Trinajstić information content (AvgIpc) is 2.48. The Morgan fingerprint density at radius 3 is 1.79 bits per heavy atom. The summed E-state index contributed by atoms with van der Waals surface area (Å²) in [6.07, 6.45) is -8.82. The van der Waals surface area contributed by atoms with Gasteiger partial charge in [0.25, 0.3) is 0 Å². The van der Waals surface area contributed by atoms with E-state index in [1.54, 1.807) is 11.9 Å². The molecule has 12 nitrogen and oxygen atoms in total. The Bertz CT molecular complexity index is 435. The summed E-state index contributed by atoms with van der Waals surface area (Å²) in [6, 6.07) is -0.803. The predicted octanol–water partition coefficient (Wildman–Crippen LogP) is -5.06. The van der Waals surface area contributed by atoms with E-state index >= 15 is 0 Å². The lowest BCUT2D eigenvalue weighted by Crippen LogP contribution is -2.77. The van der Waals surface area contributed by atoms with Crippen molar-refractivity contribution in [1.82, 2.24) is 4.90 Å². The molecule has 2 rings (SSSR count). The average molecular weight is 377 g/mol. The number of morpholine rings is 1. The van der Waals surface area contributed by atoms with Crippen molar-refractivity contribution >= 4 is 7.82 Å². The van der Waals surface area contributed by atoms with E-state index < -0.39 is 50.0 Å². The monoisotopic (exact) mass is 377 g/mol. The highest BCUT2D eigenvalue weighted by Gasteiger charge is 2.62. The Labute approximate surface area is 137 Å². The molecule has 1 unspecified atom stereocenters. The summed E-state index contributed by atoms with van der Waals surface area (Å²) in [7, 11) is -2.96. The number of rotatable bonds is 1. The quantitative estimate of drug-likeness (QED) is 0.196. The van der Waals surface area contributed by atoms with Crippen LogP contribution in [-0.2, 0) is 9.30 Å². The fraction of sp³-hybridized carbons (Fsp3) is 1.00. The molecule has 0 aromatic carbocycles. The molecule has 2 fully saturated rings. The molecule has 0 spiro atoms. The molecule has 0 amide bonds. The molecule has 7 atom stereocenters. The smallest absolute Gasteiger partial charge is 0.387 e. The Balaban J connectivity index is 0.000000505. The molecular weight excluding hydrogens is 353 g/mol. The summed E-state index contributed by atoms with van der Waals surface area (Å²) in [5, 5.41) is 59.5. The van der Waals surface area contributed by atoms with E-state index in [2.05, 4.69) is 0 Å². The van der Waals surface area contributed by atoms with Gasteiger partial charge in [0.05, 0.1) is 19.3 Å². The van der Waals surface area contributed by atoms with Crippen LogP contribution >= 0.6 is 7.82 Å². The van der Waals surface area contributed by atoms with Gasteiger partial charge < -0.3 is 50.1 Å². The van der Waals surface area contributed by atoms with Crippen molar-refractivity contribution in [3.63, 3.8) is 0 Å². The lowest BCUT2D eigenvalue weighted by atomic mass is 9.70. The molecule has 0 radical (unpaired) electrons. The zero-order valence-corrected chi connectivity index (χ0v) is 13.7. The minimum atomic E-state index is -4.64. The molecule has 2 aliphatic rings. The standard InChI is InChI=1S/C11H21NO7.H3O4P/c1-12-2-3-19-4-5(12)11(18)9(16)7(14)6(13)8(15)10(11)17;1-5(2,3)4/h5-10,13-18H,2-4H2,1H3;(H3,1,2,3,4)/t5?,6-,7-,8+,9-,10-,11+;/m1./s1. The highest BCUT2D eigenvalue weighted by atomic mass is 31.2. The molecule has 13 heteroatoms. The summed E-state index contributed by atoms with van der Waals surface area (Å²) in [6.45, 7) is 0.959. The summed E-state index contributed by atoms with van der Waals surface area (Å²) in [5.41, 5.74) is -2.19. The van der Waals surface area contributed by atoms with E-state index in [1.807, 2.05) is 0 Å². The number of aliphatic hydroxyl groups is 6. The molecular formula is C11H24NO11P. The largest absolute Gasteiger partial charge is 0.466 e. The molecule has 0 bridgehead atoms. The SMILES string of the molecule is CN1CCOCC1[C@]1(O)[C@H](O)[C@H](O)[C@@H](O)[C@H](O)[C@H]1O.O=P(O)(O)O. The third-order valence-electron chi connectivity index (χ3n) is 4.22. The fourth-order valence-corrected chi connectivity index (χ4v) is 2.86. The summed E-state index contributed by atoms with van der Waals surface area (Å²) >= 11 is 0. The van der Waals surface area contributed by atoms with E-state index in [9.17, 15) is 30.6 Å². The van der Waals surface area contributed by atoms with Crippen molar-refractivity contribution in [3.8, 4) is 0 Å². The van der Waals surface area contributed by atoms with Crippen LogP contribution in [0.3, 0.4) is 0 Å². The van der Waals surface area contributed by atoms with Crippen LogP contribution in [0.1, 0.15) is 0 Å². The zero-order valence-electron chi connectivity index (χ0n) is 12.8. The Kier molecular flexibility index (Phi) is 7.27. The molecule has 0 aromatic heterocycles. The highest BCUT2D eigenvalue weighted by Crippen LogP contribution is 2.35. The Morgan fingerprint density at radius 1 is 1.00 bits per heavy atom. The minimum Gasteiger partial charge on any atom is -0.387 e. The fourth-order valence-electron chi connectivity index (χ4n) is 2.86. The van der Waals surface area contributed by atoms with Gasteiger partial charge in [-0.25, -0.2) is 4.57 Å². The first-order valence-corrected chi connectivity index (χ1v) is 8.57. The lowest BCUT2D eigenvalue weighted by Gasteiger charge is -2.53. The van der Waals surface area contributed by atoms with Crippen molar-refractivity contribution in [2.75, 3.05) is 26.8 Å². The molecule has 1 heterocycles. The first-order valence-electron chi connectivity index (χ1n) is 7.00. The van der Waals surface area contributed by atoms with Crippen LogP contribution in [0.15, 0.2) is 0 Å². The number of hydrogen-bond acceptors (Lipinski definition) is 9. The summed E-state index contributed by atoms with van der Waals surface area (Å²) in [5.74, 6) is 0. The van der Waals surface area contributed by atoms with Gasteiger partial charge in [0.15, 0.2) is 0 Å². The first kappa shape index (κ1) is 21.8. The third-order valence-corrected chi connectivity index (χ3v) is 4.22. The second-order valence-corrected chi connectivity index (χ2v) is 6.86. The second-order valence-electron chi connectivity index (χ2n) is 5.83. The van der Waals surface area contributed by atoms with Crippen molar-refractivity contribution in [2.24, 2.45) is 0 Å². The topological polar surface area (TPSA) is 212 Å². The predicted molar refractivity (Wildman–Crippen MR) is 76.5 cm³/mol. The van der Waals surface area contributed by atoms with Crippen LogP contribution in [0, 0.1) is 0 Å². The third kappa shape index (κ3) is 4.69. The van der Waals surface area contributed by atoms with E-state index in [0.29, 0.717) is 13.2 Å². The Hall–Kier alpha value is -0.210. The number of aliphatic hydroxyl groups excluding tert-OH is 5. The van der Waals surface area contributed by atoms with Gasteiger partial charge in [0.1, 0.15) is 36.1 Å². The maximum absolute atomic E-state index is 10.6. The number of phosphoric acid groups is 1. The molecule has 144 valence electrons. The van der Waals surface area contributed by atoms with Gasteiger partial charge in [-0.05, 0) is 7.05 Å².